The molecule has 0 heterocycles. The van der Waals surface area contributed by atoms with Gasteiger partial charge in [-0.3, -0.25) is 4.79 Å². The van der Waals surface area contributed by atoms with E-state index in [1.54, 1.807) is 39.5 Å². The number of methoxy groups -OCH3 is 3. The summed E-state index contributed by atoms with van der Waals surface area (Å²) in [6.45, 7) is 0.866. The summed E-state index contributed by atoms with van der Waals surface area (Å²) in [6, 6.07) is 12.9. The van der Waals surface area contributed by atoms with Gasteiger partial charge in [-0.1, -0.05) is 12.1 Å². The Bertz CT molecular complexity index is 653. The van der Waals surface area contributed by atoms with Gasteiger partial charge >= 0.3 is 0 Å². The Labute approximate surface area is 136 Å². The normalized spacial score (nSPS) is 10.2. The highest BCUT2D eigenvalue weighted by Gasteiger charge is 2.10. The van der Waals surface area contributed by atoms with Crippen LogP contribution in [0, 0.1) is 0 Å². The van der Waals surface area contributed by atoms with Crippen molar-refractivity contribution in [2.45, 2.75) is 6.54 Å². The van der Waals surface area contributed by atoms with Gasteiger partial charge in [-0.25, -0.2) is 0 Å². The van der Waals surface area contributed by atoms with Crippen LogP contribution in [0.15, 0.2) is 42.5 Å². The second-order valence-electron chi connectivity index (χ2n) is 4.94. The fourth-order valence-corrected chi connectivity index (χ4v) is 2.18. The SMILES string of the molecule is COc1ccc(CNCC(=O)c2ccc(OC)c(OC)c2)cc1. The first-order valence-electron chi connectivity index (χ1n) is 7.26. The molecule has 5 heteroatoms. The van der Waals surface area contributed by atoms with Gasteiger partial charge in [-0.05, 0) is 35.9 Å². The molecule has 2 aromatic rings. The van der Waals surface area contributed by atoms with E-state index in [0.717, 1.165) is 11.3 Å². The molecule has 0 saturated carbocycles. The number of hydrogen-bond acceptors (Lipinski definition) is 5. The summed E-state index contributed by atoms with van der Waals surface area (Å²) in [7, 11) is 4.75. The van der Waals surface area contributed by atoms with Gasteiger partial charge in [0.25, 0.3) is 0 Å². The highest BCUT2D eigenvalue weighted by Crippen LogP contribution is 2.27. The van der Waals surface area contributed by atoms with Crippen LogP contribution in [0.4, 0.5) is 0 Å². The zero-order valence-corrected chi connectivity index (χ0v) is 13.6. The molecule has 1 N–H and O–H groups in total. The molecule has 122 valence electrons. The van der Waals surface area contributed by atoms with Crippen molar-refractivity contribution in [3.63, 3.8) is 0 Å². The third-order valence-electron chi connectivity index (χ3n) is 3.48. The maximum absolute atomic E-state index is 12.2. The first kappa shape index (κ1) is 16.8. The Morgan fingerprint density at radius 1 is 0.913 bits per heavy atom. The van der Waals surface area contributed by atoms with Crippen molar-refractivity contribution in [2.75, 3.05) is 27.9 Å². The number of rotatable bonds is 8. The molecule has 0 bridgehead atoms. The van der Waals surface area contributed by atoms with Crippen LogP contribution < -0.4 is 19.5 Å². The predicted octanol–water partition coefficient (Wildman–Crippen LogP) is 2.68. The second-order valence-corrected chi connectivity index (χ2v) is 4.94. The second kappa shape index (κ2) is 8.19. The predicted molar refractivity (Wildman–Crippen MR) is 88.6 cm³/mol. The molecule has 0 radical (unpaired) electrons. The van der Waals surface area contributed by atoms with Crippen LogP contribution in [0.3, 0.4) is 0 Å². The average Bonchev–Trinajstić information content (AvgIpc) is 2.61. The van der Waals surface area contributed by atoms with Gasteiger partial charge in [-0.2, -0.15) is 0 Å². The van der Waals surface area contributed by atoms with Crippen molar-refractivity contribution in [3.8, 4) is 17.2 Å². The van der Waals surface area contributed by atoms with E-state index in [9.17, 15) is 4.79 Å². The molecular formula is C18H21NO4. The zero-order valence-electron chi connectivity index (χ0n) is 13.6. The minimum absolute atomic E-state index is 0.000496. The summed E-state index contributed by atoms with van der Waals surface area (Å²) < 4.78 is 15.5. The number of ketones is 1. The lowest BCUT2D eigenvalue weighted by Gasteiger charge is -2.09. The quantitative estimate of drug-likeness (QED) is 0.759. The van der Waals surface area contributed by atoms with E-state index >= 15 is 0 Å². The summed E-state index contributed by atoms with van der Waals surface area (Å²) in [4.78, 5) is 12.2. The lowest BCUT2D eigenvalue weighted by molar-refractivity contribution is 0.0990. The van der Waals surface area contributed by atoms with Crippen molar-refractivity contribution in [2.24, 2.45) is 0 Å². The monoisotopic (exact) mass is 315 g/mol. The first-order chi connectivity index (χ1) is 11.2. The minimum Gasteiger partial charge on any atom is -0.497 e. The molecule has 0 aliphatic carbocycles. The molecule has 5 nitrogen and oxygen atoms in total. The lowest BCUT2D eigenvalue weighted by atomic mass is 10.1. The zero-order chi connectivity index (χ0) is 16.7. The van der Waals surface area contributed by atoms with E-state index in [4.69, 9.17) is 14.2 Å². The third kappa shape index (κ3) is 4.47. The molecule has 2 rings (SSSR count). The van der Waals surface area contributed by atoms with Gasteiger partial charge in [0.15, 0.2) is 17.3 Å². The molecular weight excluding hydrogens is 294 g/mol. The Kier molecular flexibility index (Phi) is 6.00. The summed E-state index contributed by atoms with van der Waals surface area (Å²) in [5.41, 5.74) is 1.68. The molecule has 0 fully saturated rings. The molecule has 2 aromatic carbocycles. The highest BCUT2D eigenvalue weighted by atomic mass is 16.5. The molecule has 0 aliphatic rings. The molecule has 0 saturated heterocycles. The van der Waals surface area contributed by atoms with Crippen molar-refractivity contribution in [3.05, 3.63) is 53.6 Å². The van der Waals surface area contributed by atoms with E-state index in [0.29, 0.717) is 23.6 Å². The fourth-order valence-electron chi connectivity index (χ4n) is 2.18. The van der Waals surface area contributed by atoms with E-state index in [2.05, 4.69) is 5.32 Å². The Balaban J connectivity index is 1.91. The average molecular weight is 315 g/mol. The van der Waals surface area contributed by atoms with E-state index in [1.165, 1.54) is 0 Å². The topological polar surface area (TPSA) is 56.8 Å². The molecule has 0 aliphatic heterocycles. The Morgan fingerprint density at radius 2 is 1.61 bits per heavy atom. The van der Waals surface area contributed by atoms with Gasteiger partial charge in [0.2, 0.25) is 0 Å². The number of ether oxygens (including phenoxy) is 3. The van der Waals surface area contributed by atoms with Crippen LogP contribution in [0.1, 0.15) is 15.9 Å². The smallest absolute Gasteiger partial charge is 0.176 e. The van der Waals surface area contributed by atoms with E-state index in [-0.39, 0.29) is 12.3 Å². The molecule has 23 heavy (non-hydrogen) atoms. The van der Waals surface area contributed by atoms with Gasteiger partial charge in [-0.15, -0.1) is 0 Å². The summed E-state index contributed by atoms with van der Waals surface area (Å²) >= 11 is 0. The number of nitrogens with one attached hydrogen (secondary N) is 1. The summed E-state index contributed by atoms with van der Waals surface area (Å²) in [5.74, 6) is 1.97. The Hall–Kier alpha value is -2.53. The minimum atomic E-state index is -0.000496. The van der Waals surface area contributed by atoms with Crippen molar-refractivity contribution < 1.29 is 19.0 Å². The summed E-state index contributed by atoms with van der Waals surface area (Å²) in [6.07, 6.45) is 0. The number of carbonyl (C=O) groups is 1. The van der Waals surface area contributed by atoms with Crippen LogP contribution in [0.25, 0.3) is 0 Å². The van der Waals surface area contributed by atoms with Crippen LogP contribution >= 0.6 is 0 Å². The number of carbonyl (C=O) groups excluding carboxylic acids is 1. The van der Waals surface area contributed by atoms with Gasteiger partial charge in [0.1, 0.15) is 5.75 Å². The maximum Gasteiger partial charge on any atom is 0.176 e. The lowest BCUT2D eigenvalue weighted by Crippen LogP contribution is -2.22. The standard InChI is InChI=1S/C18H21NO4/c1-21-15-7-4-13(5-8-15)11-19-12-16(20)14-6-9-17(22-2)18(10-14)23-3/h4-10,19H,11-12H2,1-3H3. The van der Waals surface area contributed by atoms with Gasteiger partial charge in [0.05, 0.1) is 27.9 Å². The van der Waals surface area contributed by atoms with Crippen LogP contribution in [0.5, 0.6) is 17.2 Å². The fraction of sp³-hybridized carbons (Fsp3) is 0.278. The van der Waals surface area contributed by atoms with Crippen molar-refractivity contribution in [1.29, 1.82) is 0 Å². The number of benzene rings is 2. The van der Waals surface area contributed by atoms with Gasteiger partial charge in [0, 0.05) is 12.1 Å². The molecule has 0 aromatic heterocycles. The van der Waals surface area contributed by atoms with Crippen molar-refractivity contribution >= 4 is 5.78 Å². The molecule has 0 amide bonds. The number of hydrogen-bond donors (Lipinski definition) is 1. The van der Waals surface area contributed by atoms with Crippen LogP contribution in [0.2, 0.25) is 0 Å². The Morgan fingerprint density at radius 3 is 2.22 bits per heavy atom. The largest absolute Gasteiger partial charge is 0.497 e. The molecule has 0 unspecified atom stereocenters. The number of Topliss-reactive ketones (excluding diaryl/α,β-unsaturated/α-hetero) is 1. The molecule has 0 atom stereocenters. The maximum atomic E-state index is 12.2. The first-order valence-corrected chi connectivity index (χ1v) is 7.26. The van der Waals surface area contributed by atoms with E-state index in [1.807, 2.05) is 24.3 Å². The summed E-state index contributed by atoms with van der Waals surface area (Å²) in [5, 5.41) is 3.14. The van der Waals surface area contributed by atoms with Gasteiger partial charge < -0.3 is 19.5 Å². The molecule has 0 spiro atoms. The third-order valence-corrected chi connectivity index (χ3v) is 3.48. The van der Waals surface area contributed by atoms with Crippen LogP contribution in [-0.4, -0.2) is 33.7 Å². The highest BCUT2D eigenvalue weighted by molar-refractivity contribution is 5.98. The van der Waals surface area contributed by atoms with E-state index < -0.39 is 0 Å². The van der Waals surface area contributed by atoms with Crippen LogP contribution in [-0.2, 0) is 6.54 Å². The van der Waals surface area contributed by atoms with Crippen molar-refractivity contribution in [1.82, 2.24) is 5.32 Å².